The molecule has 0 saturated heterocycles. The Labute approximate surface area is 125 Å². The molecule has 0 spiro atoms. The lowest BCUT2D eigenvalue weighted by Gasteiger charge is -2.24. The normalized spacial score (nSPS) is 10.8. The Morgan fingerprint density at radius 1 is 1.40 bits per heavy atom. The van der Waals surface area contributed by atoms with Crippen molar-refractivity contribution in [2.24, 2.45) is 0 Å². The van der Waals surface area contributed by atoms with Gasteiger partial charge < -0.3 is 10.0 Å². The number of rotatable bonds is 8. The number of hydrogen-bond donors (Lipinski definition) is 1. The van der Waals surface area contributed by atoms with Gasteiger partial charge in [0, 0.05) is 31.8 Å². The van der Waals surface area contributed by atoms with Crippen LogP contribution in [0, 0.1) is 0 Å². The van der Waals surface area contributed by atoms with E-state index >= 15 is 0 Å². The van der Waals surface area contributed by atoms with Gasteiger partial charge in [-0.3, -0.25) is 9.69 Å². The molecule has 0 radical (unpaired) electrons. The number of nitrogens with zero attached hydrogens (tertiary/aromatic N) is 2. The zero-order valence-corrected chi connectivity index (χ0v) is 12.9. The molecule has 0 unspecified atom stereocenters. The van der Waals surface area contributed by atoms with Crippen LogP contribution in [0.1, 0.15) is 18.9 Å². The number of aliphatic hydroxyl groups is 1. The lowest BCUT2D eigenvalue weighted by Crippen LogP contribution is -2.38. The van der Waals surface area contributed by atoms with Crippen molar-refractivity contribution < 1.29 is 9.90 Å². The fourth-order valence-corrected chi connectivity index (χ4v) is 2.17. The summed E-state index contributed by atoms with van der Waals surface area (Å²) in [6.07, 6.45) is 0.694. The number of amides is 1. The molecule has 0 atom stereocenters. The first-order chi connectivity index (χ1) is 9.56. The van der Waals surface area contributed by atoms with Crippen LogP contribution >= 0.6 is 11.6 Å². The highest BCUT2D eigenvalue weighted by Gasteiger charge is 2.13. The van der Waals surface area contributed by atoms with Gasteiger partial charge in [-0.15, -0.1) is 0 Å². The molecule has 1 aromatic rings. The first-order valence-corrected chi connectivity index (χ1v) is 7.26. The van der Waals surface area contributed by atoms with Crippen molar-refractivity contribution in [3.63, 3.8) is 0 Å². The van der Waals surface area contributed by atoms with Crippen LogP contribution in [-0.4, -0.2) is 54.1 Å². The van der Waals surface area contributed by atoms with Gasteiger partial charge in [0.05, 0.1) is 6.54 Å². The summed E-state index contributed by atoms with van der Waals surface area (Å²) in [5, 5.41) is 9.52. The van der Waals surface area contributed by atoms with Gasteiger partial charge in [0.25, 0.3) is 0 Å². The molecule has 1 aromatic carbocycles. The summed E-state index contributed by atoms with van der Waals surface area (Å²) in [4.78, 5) is 15.9. The van der Waals surface area contributed by atoms with Gasteiger partial charge in [0.1, 0.15) is 0 Å². The Morgan fingerprint density at radius 3 is 2.75 bits per heavy atom. The number of likely N-dealkylation sites (N-methyl/N-ethyl adjacent to an activating group) is 2. The third kappa shape index (κ3) is 5.90. The van der Waals surface area contributed by atoms with Gasteiger partial charge >= 0.3 is 0 Å². The highest BCUT2D eigenvalue weighted by atomic mass is 35.5. The van der Waals surface area contributed by atoms with E-state index in [1.165, 1.54) is 0 Å². The lowest BCUT2D eigenvalue weighted by atomic mass is 10.2. The molecule has 112 valence electrons. The van der Waals surface area contributed by atoms with Crippen LogP contribution in [0.3, 0.4) is 0 Å². The van der Waals surface area contributed by atoms with Crippen molar-refractivity contribution in [1.29, 1.82) is 0 Å². The second-order valence-electron chi connectivity index (χ2n) is 4.83. The largest absolute Gasteiger partial charge is 0.396 e. The Bertz CT molecular complexity index is 426. The fourth-order valence-electron chi connectivity index (χ4n) is 1.95. The smallest absolute Gasteiger partial charge is 0.236 e. The molecule has 0 aromatic heterocycles. The van der Waals surface area contributed by atoms with Crippen LogP contribution < -0.4 is 0 Å². The molecule has 0 heterocycles. The number of aliphatic hydroxyl groups excluding tert-OH is 1. The summed E-state index contributed by atoms with van der Waals surface area (Å²) in [5.74, 6) is 0.0739. The zero-order valence-electron chi connectivity index (χ0n) is 12.2. The average Bonchev–Trinajstić information content (AvgIpc) is 2.43. The minimum atomic E-state index is 0.0739. The molecule has 1 N–H and O–H groups in total. The molecule has 0 aliphatic rings. The Kier molecular flexibility index (Phi) is 7.59. The Morgan fingerprint density at radius 2 is 2.15 bits per heavy atom. The van der Waals surface area contributed by atoms with Gasteiger partial charge in [-0.2, -0.15) is 0 Å². The molecule has 0 fully saturated rings. The fraction of sp³-hybridized carbons (Fsp3) is 0.533. The molecule has 20 heavy (non-hydrogen) atoms. The summed E-state index contributed by atoms with van der Waals surface area (Å²) in [5.41, 5.74) is 1.02. The van der Waals surface area contributed by atoms with Gasteiger partial charge in [-0.05, 0) is 30.7 Å². The minimum absolute atomic E-state index is 0.0739. The van der Waals surface area contributed by atoms with Crippen molar-refractivity contribution >= 4 is 17.5 Å². The van der Waals surface area contributed by atoms with Crippen LogP contribution in [-0.2, 0) is 11.3 Å². The predicted octanol–water partition coefficient (Wildman–Crippen LogP) is 2.00. The predicted molar refractivity (Wildman–Crippen MR) is 81.7 cm³/mol. The van der Waals surface area contributed by atoms with Gasteiger partial charge in [-0.25, -0.2) is 0 Å². The average molecular weight is 299 g/mol. The van der Waals surface area contributed by atoms with Gasteiger partial charge in [-0.1, -0.05) is 30.7 Å². The van der Waals surface area contributed by atoms with Crippen LogP contribution in [0.15, 0.2) is 24.3 Å². The summed E-state index contributed by atoms with van der Waals surface area (Å²) in [6, 6.07) is 7.53. The minimum Gasteiger partial charge on any atom is -0.396 e. The Balaban J connectivity index is 2.49. The number of benzene rings is 1. The molecular weight excluding hydrogens is 276 g/mol. The van der Waals surface area contributed by atoms with E-state index < -0.39 is 0 Å². The van der Waals surface area contributed by atoms with Crippen molar-refractivity contribution in [3.8, 4) is 0 Å². The van der Waals surface area contributed by atoms with Crippen molar-refractivity contribution in [2.75, 3.05) is 33.3 Å². The number of halogens is 1. The first-order valence-electron chi connectivity index (χ1n) is 6.88. The maximum atomic E-state index is 12.2. The van der Waals surface area contributed by atoms with Crippen LogP contribution in [0.2, 0.25) is 5.02 Å². The molecule has 0 bridgehead atoms. The second-order valence-corrected chi connectivity index (χ2v) is 5.26. The highest BCUT2D eigenvalue weighted by molar-refractivity contribution is 6.30. The van der Waals surface area contributed by atoms with Gasteiger partial charge in [0.15, 0.2) is 0 Å². The SMILES string of the molecule is CCN(CCCO)CC(=O)N(C)Cc1cccc(Cl)c1. The van der Waals surface area contributed by atoms with E-state index in [4.69, 9.17) is 16.7 Å². The third-order valence-corrected chi connectivity index (χ3v) is 3.41. The molecule has 1 rings (SSSR count). The molecule has 4 nitrogen and oxygen atoms in total. The van der Waals surface area contributed by atoms with E-state index in [-0.39, 0.29) is 12.5 Å². The number of carbonyl (C=O) groups is 1. The standard InChI is InChI=1S/C15H23ClN2O2/c1-3-18(8-5-9-19)12-15(20)17(2)11-13-6-4-7-14(16)10-13/h4,6-7,10,19H,3,5,8-9,11-12H2,1-2H3. The molecular formula is C15H23ClN2O2. The van der Waals surface area contributed by atoms with Crippen molar-refractivity contribution in [2.45, 2.75) is 19.9 Å². The lowest BCUT2D eigenvalue weighted by molar-refractivity contribution is -0.131. The van der Waals surface area contributed by atoms with Crippen molar-refractivity contribution in [1.82, 2.24) is 9.80 Å². The quantitative estimate of drug-likeness (QED) is 0.798. The second kappa shape index (κ2) is 8.95. The molecule has 1 amide bonds. The molecule has 0 aliphatic heterocycles. The molecule has 5 heteroatoms. The maximum Gasteiger partial charge on any atom is 0.236 e. The summed E-state index contributed by atoms with van der Waals surface area (Å²) >= 11 is 5.94. The summed E-state index contributed by atoms with van der Waals surface area (Å²) in [6.45, 7) is 4.65. The zero-order chi connectivity index (χ0) is 15.0. The number of hydrogen-bond acceptors (Lipinski definition) is 3. The molecule has 0 aliphatic carbocycles. The van der Waals surface area contributed by atoms with Crippen LogP contribution in [0.4, 0.5) is 0 Å². The van der Waals surface area contributed by atoms with E-state index in [0.717, 1.165) is 18.7 Å². The molecule has 0 saturated carbocycles. The van der Waals surface area contributed by atoms with E-state index in [1.54, 1.807) is 11.9 Å². The van der Waals surface area contributed by atoms with E-state index in [1.807, 2.05) is 36.1 Å². The summed E-state index contributed by atoms with van der Waals surface area (Å²) in [7, 11) is 1.79. The monoisotopic (exact) mass is 298 g/mol. The Hall–Kier alpha value is -1.10. The summed E-state index contributed by atoms with van der Waals surface area (Å²) < 4.78 is 0. The first kappa shape index (κ1) is 17.0. The van der Waals surface area contributed by atoms with E-state index in [0.29, 0.717) is 24.5 Å². The third-order valence-electron chi connectivity index (χ3n) is 3.17. The van der Waals surface area contributed by atoms with Gasteiger partial charge in [0.2, 0.25) is 5.91 Å². The van der Waals surface area contributed by atoms with E-state index in [9.17, 15) is 4.79 Å². The highest BCUT2D eigenvalue weighted by Crippen LogP contribution is 2.12. The van der Waals surface area contributed by atoms with Crippen molar-refractivity contribution in [3.05, 3.63) is 34.9 Å². The number of carbonyl (C=O) groups excluding carboxylic acids is 1. The topological polar surface area (TPSA) is 43.8 Å². The maximum absolute atomic E-state index is 12.2. The van der Waals surface area contributed by atoms with E-state index in [2.05, 4.69) is 0 Å². The van der Waals surface area contributed by atoms with Crippen LogP contribution in [0.5, 0.6) is 0 Å². The van der Waals surface area contributed by atoms with Crippen LogP contribution in [0.25, 0.3) is 0 Å².